The maximum absolute atomic E-state index is 2.58. The zero-order chi connectivity index (χ0) is 9.07. The van der Waals surface area contributed by atoms with Crippen LogP contribution in [0.2, 0.25) is 0 Å². The van der Waals surface area contributed by atoms with E-state index < -0.39 is 3.07 Å². The highest BCUT2D eigenvalue weighted by molar-refractivity contribution is 14.3. The lowest BCUT2D eigenvalue weighted by molar-refractivity contribution is 1.40. The van der Waals surface area contributed by atoms with Gasteiger partial charge in [0.1, 0.15) is 0 Å². The van der Waals surface area contributed by atoms with Gasteiger partial charge in [-0.15, -0.1) is 0 Å². The molecule has 0 aromatic carbocycles. The van der Waals surface area contributed by atoms with E-state index in [1.165, 1.54) is 11.1 Å². The Bertz CT molecular complexity index is 164. The van der Waals surface area contributed by atoms with Crippen LogP contribution in [0.3, 0.4) is 0 Å². The second-order valence-corrected chi connectivity index (χ2v) is 21.9. The summed E-state index contributed by atoms with van der Waals surface area (Å²) in [4.78, 5) is 0. The molecule has 0 saturated heterocycles. The van der Waals surface area contributed by atoms with Crippen molar-refractivity contribution < 1.29 is 0 Å². The zero-order valence-corrected chi connectivity index (χ0v) is 12.7. The van der Waals surface area contributed by atoms with Crippen molar-refractivity contribution in [2.45, 2.75) is 27.7 Å². The lowest BCUT2D eigenvalue weighted by atomic mass is 10.4. The lowest BCUT2D eigenvalue weighted by Crippen LogP contribution is -2.10. The fourth-order valence-electron chi connectivity index (χ4n) is 0.811. The van der Waals surface area contributed by atoms with E-state index in [1.807, 2.05) is 0 Å². The SMILES string of the molecule is CC(C)=C[Si](I)(I)C=C(C)C. The first-order chi connectivity index (χ1) is 4.83. The van der Waals surface area contributed by atoms with E-state index in [0.717, 1.165) is 0 Å². The third-order valence-electron chi connectivity index (χ3n) is 0.962. The molecule has 0 fully saturated rings. The van der Waals surface area contributed by atoms with Gasteiger partial charge in [-0.1, -0.05) is 66.1 Å². The number of halogens is 2. The normalized spacial score (nSPS) is 10.7. The molecule has 0 amide bonds. The fourth-order valence-corrected chi connectivity index (χ4v) is 9.91. The molecule has 0 atom stereocenters. The Morgan fingerprint density at radius 3 is 1.36 bits per heavy atom. The molecule has 0 aromatic heterocycles. The zero-order valence-electron chi connectivity index (χ0n) is 7.41. The van der Waals surface area contributed by atoms with E-state index in [1.54, 1.807) is 0 Å². The topological polar surface area (TPSA) is 0 Å². The molecule has 0 saturated carbocycles. The Kier molecular flexibility index (Phi) is 5.54. The van der Waals surface area contributed by atoms with Crippen molar-refractivity contribution in [3.05, 3.63) is 22.5 Å². The second-order valence-electron chi connectivity index (χ2n) is 3.12. The summed E-state index contributed by atoms with van der Waals surface area (Å²) in [7, 11) is 0. The predicted molar refractivity (Wildman–Crippen MR) is 72.7 cm³/mol. The van der Waals surface area contributed by atoms with Crippen LogP contribution in [0.5, 0.6) is 0 Å². The first kappa shape index (κ1) is 12.2. The van der Waals surface area contributed by atoms with Crippen LogP contribution in [0.1, 0.15) is 27.7 Å². The van der Waals surface area contributed by atoms with Crippen molar-refractivity contribution in [1.82, 2.24) is 0 Å². The molecule has 0 radical (unpaired) electrons. The summed E-state index contributed by atoms with van der Waals surface area (Å²) in [6.45, 7) is 8.66. The maximum Gasteiger partial charge on any atom is 0.236 e. The van der Waals surface area contributed by atoms with Crippen molar-refractivity contribution in [2.24, 2.45) is 0 Å². The largest absolute Gasteiger partial charge is 0.236 e. The Labute approximate surface area is 96.0 Å². The molecular formula is C8H14I2Si. The van der Waals surface area contributed by atoms with Gasteiger partial charge in [0.25, 0.3) is 0 Å². The van der Waals surface area contributed by atoms with Crippen LogP contribution in [0.4, 0.5) is 0 Å². The van der Waals surface area contributed by atoms with Crippen LogP contribution in [0.25, 0.3) is 0 Å². The highest BCUT2D eigenvalue weighted by Gasteiger charge is 2.18. The first-order valence-corrected chi connectivity index (χ1v) is 11.9. The average Bonchev–Trinajstić information content (AvgIpc) is 1.53. The highest BCUT2D eigenvalue weighted by Crippen LogP contribution is 2.27. The molecule has 64 valence electrons. The molecule has 0 aliphatic carbocycles. The number of allylic oxidation sites excluding steroid dienone is 2. The van der Waals surface area contributed by atoms with Crippen LogP contribution in [0.15, 0.2) is 22.5 Å². The molecular weight excluding hydrogens is 378 g/mol. The van der Waals surface area contributed by atoms with Crippen LogP contribution >= 0.6 is 43.6 Å². The van der Waals surface area contributed by atoms with Gasteiger partial charge < -0.3 is 0 Å². The Morgan fingerprint density at radius 1 is 0.909 bits per heavy atom. The van der Waals surface area contributed by atoms with Gasteiger partial charge in [-0.2, -0.15) is 0 Å². The molecule has 0 aromatic rings. The summed E-state index contributed by atoms with van der Waals surface area (Å²) in [6, 6.07) is 0. The van der Waals surface area contributed by atoms with E-state index in [9.17, 15) is 0 Å². The molecule has 0 bridgehead atoms. The standard InChI is InChI=1S/C8H14I2Si/c1-7(2)5-11(9,10)6-8(3)4/h5-6H,1-4H3. The molecule has 0 N–H and O–H groups in total. The minimum Gasteiger partial charge on any atom is -0.0935 e. The van der Waals surface area contributed by atoms with Crippen molar-refractivity contribution in [2.75, 3.05) is 0 Å². The number of rotatable bonds is 2. The van der Waals surface area contributed by atoms with Crippen LogP contribution in [-0.2, 0) is 0 Å². The molecule has 0 spiro atoms. The molecule has 0 aliphatic rings. The van der Waals surface area contributed by atoms with Crippen molar-refractivity contribution >= 4 is 46.7 Å². The first-order valence-electron chi connectivity index (χ1n) is 3.53. The van der Waals surface area contributed by atoms with E-state index in [-0.39, 0.29) is 0 Å². The van der Waals surface area contributed by atoms with Gasteiger partial charge in [0.15, 0.2) is 0 Å². The Morgan fingerprint density at radius 2 is 1.18 bits per heavy atom. The molecule has 3 heteroatoms. The predicted octanol–water partition coefficient (Wildman–Crippen LogP) is 4.31. The lowest BCUT2D eigenvalue weighted by Gasteiger charge is -2.08. The highest BCUT2D eigenvalue weighted by atomic mass is 127. The average molecular weight is 392 g/mol. The summed E-state index contributed by atoms with van der Waals surface area (Å²) in [5.41, 5.74) is 7.67. The van der Waals surface area contributed by atoms with Gasteiger partial charge in [-0.3, -0.25) is 0 Å². The summed E-state index contributed by atoms with van der Waals surface area (Å²) in [5.74, 6) is 0. The Hall–Kier alpha value is 1.16. The molecule has 0 rings (SSSR count). The van der Waals surface area contributed by atoms with Crippen LogP contribution in [0, 0.1) is 0 Å². The monoisotopic (exact) mass is 392 g/mol. The smallest absolute Gasteiger partial charge is 0.0935 e. The number of hydrogen-bond donors (Lipinski definition) is 0. The quantitative estimate of drug-likeness (QED) is 0.373. The molecule has 11 heavy (non-hydrogen) atoms. The van der Waals surface area contributed by atoms with Crippen molar-refractivity contribution in [1.29, 1.82) is 0 Å². The summed E-state index contributed by atoms with van der Waals surface area (Å²) in [5, 5.41) is 0. The van der Waals surface area contributed by atoms with Crippen molar-refractivity contribution in [3.8, 4) is 0 Å². The summed E-state index contributed by atoms with van der Waals surface area (Å²) in [6.07, 6.45) is 0. The maximum atomic E-state index is 2.58. The third-order valence-corrected chi connectivity index (χ3v) is 6.62. The van der Waals surface area contributed by atoms with Gasteiger partial charge in [-0.05, 0) is 27.7 Å². The van der Waals surface area contributed by atoms with E-state index in [0.29, 0.717) is 0 Å². The van der Waals surface area contributed by atoms with E-state index in [4.69, 9.17) is 0 Å². The van der Waals surface area contributed by atoms with Crippen molar-refractivity contribution in [3.63, 3.8) is 0 Å². The van der Waals surface area contributed by atoms with E-state index >= 15 is 0 Å². The summed E-state index contributed by atoms with van der Waals surface area (Å²) >= 11 is 5.16. The second kappa shape index (κ2) is 5.01. The van der Waals surface area contributed by atoms with Crippen LogP contribution < -0.4 is 0 Å². The minimum atomic E-state index is -1.21. The minimum absolute atomic E-state index is 1.21. The fraction of sp³-hybridized carbons (Fsp3) is 0.500. The Balaban J connectivity index is 4.48. The molecule has 0 aliphatic heterocycles. The van der Waals surface area contributed by atoms with Gasteiger partial charge in [0.2, 0.25) is 3.07 Å². The van der Waals surface area contributed by atoms with Gasteiger partial charge >= 0.3 is 0 Å². The third kappa shape index (κ3) is 7.52. The number of hydrogen-bond acceptors (Lipinski definition) is 0. The van der Waals surface area contributed by atoms with Crippen LogP contribution in [-0.4, -0.2) is 3.07 Å². The summed E-state index contributed by atoms with van der Waals surface area (Å²) < 4.78 is -1.21. The van der Waals surface area contributed by atoms with Gasteiger partial charge in [0.05, 0.1) is 0 Å². The molecule has 0 heterocycles. The molecule has 0 nitrogen and oxygen atoms in total. The molecule has 0 unspecified atom stereocenters. The van der Waals surface area contributed by atoms with Gasteiger partial charge in [-0.25, -0.2) is 0 Å². The van der Waals surface area contributed by atoms with E-state index in [2.05, 4.69) is 82.7 Å². The van der Waals surface area contributed by atoms with Gasteiger partial charge in [0, 0.05) is 0 Å².